The average molecular weight is 290 g/mol. The Morgan fingerprint density at radius 1 is 1.31 bits per heavy atom. The van der Waals surface area contributed by atoms with E-state index in [0.717, 1.165) is 21.1 Å². The third kappa shape index (κ3) is 2.23. The third-order valence-corrected chi connectivity index (χ3v) is 4.55. The Morgan fingerprint density at radius 3 is 2.44 bits per heavy atom. The lowest BCUT2D eigenvalue weighted by Crippen LogP contribution is -1.81. The average Bonchev–Trinajstić information content (AvgIpc) is 2.59. The number of nitrogens with zero attached hydrogens (tertiary/aromatic N) is 1. The van der Waals surface area contributed by atoms with E-state index < -0.39 is 0 Å². The molecule has 2 rings (SSSR count). The van der Waals surface area contributed by atoms with Crippen molar-refractivity contribution < 1.29 is 0 Å². The van der Waals surface area contributed by atoms with E-state index in [1.807, 2.05) is 25.1 Å². The quantitative estimate of drug-likeness (QED) is 0.780. The number of thiazole rings is 1. The molecule has 1 nitrogen and oxygen atoms in total. The zero-order valence-electron chi connectivity index (χ0n) is 8.50. The Balaban J connectivity index is 2.58. The van der Waals surface area contributed by atoms with Crippen LogP contribution >= 0.6 is 47.2 Å². The van der Waals surface area contributed by atoms with Crippen LogP contribution in [0.2, 0.25) is 10.0 Å². The van der Waals surface area contributed by atoms with Crippen molar-refractivity contribution in [2.24, 2.45) is 0 Å². The van der Waals surface area contributed by atoms with Gasteiger partial charge < -0.3 is 0 Å². The Hall–Kier alpha value is -0.220. The van der Waals surface area contributed by atoms with Crippen LogP contribution in [0.15, 0.2) is 18.2 Å². The van der Waals surface area contributed by atoms with E-state index in [9.17, 15) is 0 Å². The molecule has 1 aromatic carbocycles. The lowest BCUT2D eigenvalue weighted by atomic mass is 10.2. The smallest absolute Gasteiger partial charge is 0.126 e. The molecule has 0 N–H and O–H groups in total. The van der Waals surface area contributed by atoms with Gasteiger partial charge in [-0.2, -0.15) is 12.6 Å². The summed E-state index contributed by atoms with van der Waals surface area (Å²) in [5.41, 5.74) is 1.80. The standard InChI is InChI=1S/C11H9Cl2NS2/c1-6-9(5-15)16-11(14-6)10-7(12)3-2-4-8(10)13/h2-4,15H,5H2,1H3. The molecule has 2 aromatic rings. The summed E-state index contributed by atoms with van der Waals surface area (Å²) in [6.07, 6.45) is 0. The van der Waals surface area contributed by atoms with E-state index in [2.05, 4.69) is 17.6 Å². The van der Waals surface area contributed by atoms with Gasteiger partial charge in [-0.05, 0) is 19.1 Å². The molecule has 0 aliphatic heterocycles. The molecular weight excluding hydrogens is 281 g/mol. The second-order valence-electron chi connectivity index (χ2n) is 3.28. The molecule has 0 spiro atoms. The summed E-state index contributed by atoms with van der Waals surface area (Å²) < 4.78 is 0. The normalized spacial score (nSPS) is 10.8. The fraction of sp³-hybridized carbons (Fsp3) is 0.182. The molecule has 0 radical (unpaired) electrons. The Kier molecular flexibility index (Phi) is 3.80. The molecule has 0 saturated carbocycles. The summed E-state index contributed by atoms with van der Waals surface area (Å²) in [5, 5.41) is 2.12. The number of halogens is 2. The molecule has 16 heavy (non-hydrogen) atoms. The molecule has 0 fully saturated rings. The van der Waals surface area contributed by atoms with Gasteiger partial charge in [-0.15, -0.1) is 11.3 Å². The molecule has 0 aliphatic carbocycles. The van der Waals surface area contributed by atoms with Gasteiger partial charge in [0.1, 0.15) is 5.01 Å². The van der Waals surface area contributed by atoms with E-state index in [4.69, 9.17) is 23.2 Å². The lowest BCUT2D eigenvalue weighted by molar-refractivity contribution is 1.22. The fourth-order valence-electron chi connectivity index (χ4n) is 1.38. The molecule has 5 heteroatoms. The molecule has 1 aromatic heterocycles. The molecule has 84 valence electrons. The number of benzene rings is 1. The first-order chi connectivity index (χ1) is 7.63. The first kappa shape index (κ1) is 12.2. The summed E-state index contributed by atoms with van der Waals surface area (Å²) in [6, 6.07) is 5.47. The number of hydrogen-bond acceptors (Lipinski definition) is 3. The molecule has 0 unspecified atom stereocenters. The highest BCUT2D eigenvalue weighted by atomic mass is 35.5. The number of aromatic nitrogens is 1. The van der Waals surface area contributed by atoms with Crippen LogP contribution in [0, 0.1) is 6.92 Å². The molecule has 0 bridgehead atoms. The monoisotopic (exact) mass is 289 g/mol. The number of hydrogen-bond donors (Lipinski definition) is 1. The second-order valence-corrected chi connectivity index (χ2v) is 5.50. The van der Waals surface area contributed by atoms with Gasteiger partial charge in [0.15, 0.2) is 0 Å². The van der Waals surface area contributed by atoms with Crippen LogP contribution in [-0.2, 0) is 5.75 Å². The summed E-state index contributed by atoms with van der Waals surface area (Å²) >= 11 is 18.1. The maximum absolute atomic E-state index is 6.13. The zero-order valence-corrected chi connectivity index (χ0v) is 11.7. The first-order valence-corrected chi connectivity index (χ1v) is 6.85. The van der Waals surface area contributed by atoms with Crippen LogP contribution < -0.4 is 0 Å². The summed E-state index contributed by atoms with van der Waals surface area (Å²) in [7, 11) is 0. The van der Waals surface area contributed by atoms with Crippen molar-refractivity contribution in [3.8, 4) is 10.6 Å². The van der Waals surface area contributed by atoms with Gasteiger partial charge >= 0.3 is 0 Å². The highest BCUT2D eigenvalue weighted by molar-refractivity contribution is 7.79. The predicted molar refractivity (Wildman–Crippen MR) is 75.0 cm³/mol. The number of aryl methyl sites for hydroxylation is 1. The minimum Gasteiger partial charge on any atom is -0.241 e. The topological polar surface area (TPSA) is 12.9 Å². The van der Waals surface area contributed by atoms with Crippen LogP contribution in [0.4, 0.5) is 0 Å². The van der Waals surface area contributed by atoms with Crippen molar-refractivity contribution >= 4 is 47.2 Å². The van der Waals surface area contributed by atoms with Crippen LogP contribution in [0.5, 0.6) is 0 Å². The van der Waals surface area contributed by atoms with Crippen molar-refractivity contribution in [2.45, 2.75) is 12.7 Å². The lowest BCUT2D eigenvalue weighted by Gasteiger charge is -2.02. The first-order valence-electron chi connectivity index (χ1n) is 4.65. The van der Waals surface area contributed by atoms with Crippen molar-refractivity contribution in [1.29, 1.82) is 0 Å². The molecule has 1 heterocycles. The fourth-order valence-corrected chi connectivity index (χ4v) is 3.49. The SMILES string of the molecule is Cc1nc(-c2c(Cl)cccc2Cl)sc1CS. The number of thiol groups is 1. The van der Waals surface area contributed by atoms with Gasteiger partial charge in [0, 0.05) is 16.2 Å². The van der Waals surface area contributed by atoms with Crippen LogP contribution in [0.25, 0.3) is 10.6 Å². The summed E-state index contributed by atoms with van der Waals surface area (Å²) in [4.78, 5) is 5.62. The Bertz CT molecular complexity index is 502. The summed E-state index contributed by atoms with van der Waals surface area (Å²) in [6.45, 7) is 1.97. The van der Waals surface area contributed by atoms with Gasteiger partial charge in [0.05, 0.1) is 15.7 Å². The predicted octanol–water partition coefficient (Wildman–Crippen LogP) is 4.86. The van der Waals surface area contributed by atoms with Crippen LogP contribution in [0.1, 0.15) is 10.6 Å². The van der Waals surface area contributed by atoms with E-state index in [1.54, 1.807) is 11.3 Å². The van der Waals surface area contributed by atoms with Crippen LogP contribution in [0.3, 0.4) is 0 Å². The van der Waals surface area contributed by atoms with Crippen molar-refractivity contribution in [3.05, 3.63) is 38.8 Å². The van der Waals surface area contributed by atoms with Gasteiger partial charge in [-0.3, -0.25) is 0 Å². The van der Waals surface area contributed by atoms with Gasteiger partial charge in [0.25, 0.3) is 0 Å². The molecule has 0 amide bonds. The van der Waals surface area contributed by atoms with E-state index >= 15 is 0 Å². The maximum atomic E-state index is 6.13. The molecule has 0 aliphatic rings. The second kappa shape index (κ2) is 4.96. The van der Waals surface area contributed by atoms with Gasteiger partial charge in [-0.1, -0.05) is 29.3 Å². The maximum Gasteiger partial charge on any atom is 0.126 e. The Labute approximate surface area is 114 Å². The van der Waals surface area contributed by atoms with Crippen molar-refractivity contribution in [3.63, 3.8) is 0 Å². The summed E-state index contributed by atoms with van der Waals surface area (Å²) in [5.74, 6) is 0.686. The van der Waals surface area contributed by atoms with Crippen molar-refractivity contribution in [1.82, 2.24) is 4.98 Å². The van der Waals surface area contributed by atoms with Gasteiger partial charge in [0.2, 0.25) is 0 Å². The highest BCUT2D eigenvalue weighted by Crippen LogP contribution is 2.38. The minimum absolute atomic E-state index is 0.631. The third-order valence-electron chi connectivity index (χ3n) is 2.21. The molecule has 0 atom stereocenters. The van der Waals surface area contributed by atoms with E-state index in [1.165, 1.54) is 0 Å². The zero-order chi connectivity index (χ0) is 11.7. The number of rotatable bonds is 2. The minimum atomic E-state index is 0.631. The van der Waals surface area contributed by atoms with Crippen LogP contribution in [-0.4, -0.2) is 4.98 Å². The highest BCUT2D eigenvalue weighted by Gasteiger charge is 2.14. The Morgan fingerprint density at radius 2 is 1.94 bits per heavy atom. The van der Waals surface area contributed by atoms with E-state index in [-0.39, 0.29) is 0 Å². The largest absolute Gasteiger partial charge is 0.241 e. The van der Waals surface area contributed by atoms with Gasteiger partial charge in [-0.25, -0.2) is 4.98 Å². The molecular formula is C11H9Cl2NS2. The molecule has 0 saturated heterocycles. The van der Waals surface area contributed by atoms with Crippen molar-refractivity contribution in [2.75, 3.05) is 0 Å². The van der Waals surface area contributed by atoms with E-state index in [0.29, 0.717) is 15.8 Å².